The van der Waals surface area contributed by atoms with Crippen molar-refractivity contribution < 1.29 is 4.42 Å². The van der Waals surface area contributed by atoms with Crippen LogP contribution >= 0.6 is 11.8 Å². The molecule has 1 aliphatic heterocycles. The molecule has 1 saturated heterocycles. The van der Waals surface area contributed by atoms with Crippen LogP contribution in [-0.2, 0) is 12.8 Å². The van der Waals surface area contributed by atoms with Crippen molar-refractivity contribution >= 4 is 11.8 Å². The molecule has 0 aromatic carbocycles. The molecule has 5 heteroatoms. The summed E-state index contributed by atoms with van der Waals surface area (Å²) < 4.78 is 5.70. The number of nitrogens with one attached hydrogen (secondary N) is 1. The Morgan fingerprint density at radius 3 is 2.72 bits per heavy atom. The molecule has 1 aromatic rings. The van der Waals surface area contributed by atoms with Gasteiger partial charge in [-0.15, -0.1) is 10.2 Å². The first-order valence-corrected chi connectivity index (χ1v) is 8.02. The number of rotatable bonds is 6. The van der Waals surface area contributed by atoms with Gasteiger partial charge in [0.25, 0.3) is 0 Å². The Hall–Kier alpha value is -0.550. The summed E-state index contributed by atoms with van der Waals surface area (Å²) in [6.45, 7) is 5.18. The lowest BCUT2D eigenvalue weighted by molar-refractivity contribution is 0.388. The summed E-state index contributed by atoms with van der Waals surface area (Å²) in [5, 5.41) is 11.6. The van der Waals surface area contributed by atoms with Crippen molar-refractivity contribution in [1.82, 2.24) is 15.5 Å². The number of aromatic nitrogens is 2. The van der Waals surface area contributed by atoms with Crippen molar-refractivity contribution in [1.29, 1.82) is 0 Å². The molecule has 0 amide bonds. The smallest absolute Gasteiger partial charge is 0.217 e. The van der Waals surface area contributed by atoms with E-state index in [-0.39, 0.29) is 0 Å². The van der Waals surface area contributed by atoms with Crippen LogP contribution in [0.1, 0.15) is 38.5 Å². The van der Waals surface area contributed by atoms with E-state index in [9.17, 15) is 0 Å². The van der Waals surface area contributed by atoms with E-state index in [0.717, 1.165) is 37.1 Å². The van der Waals surface area contributed by atoms with Crippen LogP contribution in [-0.4, -0.2) is 34.3 Å². The van der Waals surface area contributed by atoms with Gasteiger partial charge in [0, 0.05) is 25.4 Å². The van der Waals surface area contributed by atoms with Crippen molar-refractivity contribution in [2.45, 2.75) is 45.6 Å². The monoisotopic (exact) mass is 269 g/mol. The Morgan fingerprint density at radius 2 is 2.00 bits per heavy atom. The normalized spacial score (nSPS) is 17.5. The fraction of sp³-hybridized carbons (Fsp3) is 0.846. The molecule has 1 N–H and O–H groups in total. The van der Waals surface area contributed by atoms with E-state index < -0.39 is 0 Å². The fourth-order valence-corrected chi connectivity index (χ4v) is 3.34. The Bertz CT molecular complexity index is 348. The topological polar surface area (TPSA) is 51.0 Å². The Labute approximate surface area is 113 Å². The lowest BCUT2D eigenvalue weighted by atomic mass is 9.99. The number of thioether (sulfide) groups is 1. The van der Waals surface area contributed by atoms with Crippen LogP contribution in [0.15, 0.2) is 4.42 Å². The second kappa shape index (κ2) is 7.14. The van der Waals surface area contributed by atoms with E-state index in [0.29, 0.717) is 6.04 Å². The quantitative estimate of drug-likeness (QED) is 0.858. The van der Waals surface area contributed by atoms with Crippen molar-refractivity contribution in [2.75, 3.05) is 18.1 Å². The first-order valence-electron chi connectivity index (χ1n) is 6.86. The molecule has 0 saturated carbocycles. The second-order valence-electron chi connectivity index (χ2n) is 5.21. The molecule has 102 valence electrons. The highest BCUT2D eigenvalue weighted by Crippen LogP contribution is 2.25. The molecular formula is C13H23N3OS. The van der Waals surface area contributed by atoms with Crippen LogP contribution in [0.2, 0.25) is 0 Å². The third kappa shape index (κ3) is 4.61. The number of nitrogens with zero attached hydrogens (tertiary/aromatic N) is 2. The molecule has 0 aliphatic carbocycles. The van der Waals surface area contributed by atoms with Gasteiger partial charge in [-0.05, 0) is 30.3 Å². The predicted molar refractivity (Wildman–Crippen MR) is 74.9 cm³/mol. The van der Waals surface area contributed by atoms with Gasteiger partial charge in [-0.3, -0.25) is 0 Å². The average molecular weight is 269 g/mol. The third-order valence-corrected chi connectivity index (χ3v) is 4.25. The van der Waals surface area contributed by atoms with Crippen LogP contribution < -0.4 is 5.32 Å². The molecule has 4 nitrogen and oxygen atoms in total. The maximum atomic E-state index is 5.70. The van der Waals surface area contributed by atoms with Gasteiger partial charge in [-0.1, -0.05) is 13.8 Å². The van der Waals surface area contributed by atoms with Gasteiger partial charge in [-0.2, -0.15) is 11.8 Å². The SMILES string of the molecule is CC(C)NCCc1nnc(CC2CCSCC2)o1. The largest absolute Gasteiger partial charge is 0.425 e. The molecule has 18 heavy (non-hydrogen) atoms. The number of hydrogen-bond donors (Lipinski definition) is 1. The summed E-state index contributed by atoms with van der Waals surface area (Å²) in [6, 6.07) is 0.507. The van der Waals surface area contributed by atoms with E-state index in [1.807, 2.05) is 0 Å². The van der Waals surface area contributed by atoms with E-state index >= 15 is 0 Å². The van der Waals surface area contributed by atoms with Crippen molar-refractivity contribution in [3.8, 4) is 0 Å². The van der Waals surface area contributed by atoms with Crippen LogP contribution in [0.25, 0.3) is 0 Å². The van der Waals surface area contributed by atoms with Gasteiger partial charge < -0.3 is 9.73 Å². The Kier molecular flexibility index (Phi) is 5.50. The molecule has 0 unspecified atom stereocenters. The Morgan fingerprint density at radius 1 is 1.28 bits per heavy atom. The standard InChI is InChI=1S/C13H23N3OS/c1-10(2)14-6-3-12-15-16-13(17-12)9-11-4-7-18-8-5-11/h10-11,14H,3-9H2,1-2H3. The van der Waals surface area contributed by atoms with Gasteiger partial charge >= 0.3 is 0 Å². The van der Waals surface area contributed by atoms with Crippen molar-refractivity contribution in [3.05, 3.63) is 11.8 Å². The highest BCUT2D eigenvalue weighted by Gasteiger charge is 2.17. The van der Waals surface area contributed by atoms with Crippen LogP contribution in [0.3, 0.4) is 0 Å². The molecule has 0 atom stereocenters. The first kappa shape index (κ1) is 13.9. The minimum Gasteiger partial charge on any atom is -0.425 e. The predicted octanol–water partition coefficient (Wildman–Crippen LogP) is 2.30. The van der Waals surface area contributed by atoms with Crippen LogP contribution in [0.5, 0.6) is 0 Å². The van der Waals surface area contributed by atoms with E-state index in [1.54, 1.807) is 0 Å². The lowest BCUT2D eigenvalue weighted by Gasteiger charge is -2.19. The molecule has 0 radical (unpaired) electrons. The van der Waals surface area contributed by atoms with Crippen LogP contribution in [0, 0.1) is 5.92 Å². The summed E-state index contributed by atoms with van der Waals surface area (Å²) >= 11 is 2.05. The molecule has 2 heterocycles. The fourth-order valence-electron chi connectivity index (χ4n) is 2.14. The summed E-state index contributed by atoms with van der Waals surface area (Å²) in [5.41, 5.74) is 0. The molecule has 2 rings (SSSR count). The van der Waals surface area contributed by atoms with Crippen LogP contribution in [0.4, 0.5) is 0 Å². The van der Waals surface area contributed by atoms with Gasteiger partial charge in [-0.25, -0.2) is 0 Å². The third-order valence-electron chi connectivity index (χ3n) is 3.20. The van der Waals surface area contributed by atoms with Crippen molar-refractivity contribution in [3.63, 3.8) is 0 Å². The molecule has 0 bridgehead atoms. The zero-order chi connectivity index (χ0) is 12.8. The van der Waals surface area contributed by atoms with E-state index in [1.165, 1.54) is 24.3 Å². The van der Waals surface area contributed by atoms with Gasteiger partial charge in [0.05, 0.1) is 0 Å². The maximum Gasteiger partial charge on any atom is 0.217 e. The van der Waals surface area contributed by atoms with E-state index in [2.05, 4.69) is 41.1 Å². The minimum atomic E-state index is 0.507. The summed E-state index contributed by atoms with van der Waals surface area (Å²) in [7, 11) is 0. The average Bonchev–Trinajstić information content (AvgIpc) is 2.78. The highest BCUT2D eigenvalue weighted by molar-refractivity contribution is 7.99. The zero-order valence-electron chi connectivity index (χ0n) is 11.3. The first-order chi connectivity index (χ1) is 8.74. The van der Waals surface area contributed by atoms with Gasteiger partial charge in [0.15, 0.2) is 0 Å². The second-order valence-corrected chi connectivity index (χ2v) is 6.43. The summed E-state index contributed by atoms with van der Waals surface area (Å²) in [6.07, 6.45) is 4.37. The maximum absolute atomic E-state index is 5.70. The van der Waals surface area contributed by atoms with E-state index in [4.69, 9.17) is 4.42 Å². The number of hydrogen-bond acceptors (Lipinski definition) is 5. The molecule has 0 spiro atoms. The zero-order valence-corrected chi connectivity index (χ0v) is 12.1. The highest BCUT2D eigenvalue weighted by atomic mass is 32.2. The lowest BCUT2D eigenvalue weighted by Crippen LogP contribution is -2.25. The molecule has 1 aromatic heterocycles. The Balaban J connectivity index is 1.74. The molecule has 1 fully saturated rings. The van der Waals surface area contributed by atoms with Gasteiger partial charge in [0.2, 0.25) is 11.8 Å². The van der Waals surface area contributed by atoms with Crippen molar-refractivity contribution in [2.24, 2.45) is 5.92 Å². The molecular weight excluding hydrogens is 246 g/mol. The summed E-state index contributed by atoms with van der Waals surface area (Å²) in [4.78, 5) is 0. The van der Waals surface area contributed by atoms with Gasteiger partial charge in [0.1, 0.15) is 0 Å². The minimum absolute atomic E-state index is 0.507. The molecule has 1 aliphatic rings. The summed E-state index contributed by atoms with van der Waals surface area (Å²) in [5.74, 6) is 4.90.